The quantitative estimate of drug-likeness (QED) is 0.190. The molecule has 0 spiro atoms. The number of pyridine rings is 1. The average Bonchev–Trinajstić information content (AvgIpc) is 2.75. The molecular formula is C25H24F3N2O2S+. The number of thiocarbonyl (C=S) groups is 1. The Kier molecular flexibility index (Phi) is 7.38. The fourth-order valence-corrected chi connectivity index (χ4v) is 3.40. The normalized spacial score (nSPS) is 12.3. The molecule has 3 aromatic rings. The van der Waals surface area contributed by atoms with Crippen LogP contribution in [0.1, 0.15) is 31.9 Å². The third-order valence-corrected chi connectivity index (χ3v) is 5.14. The van der Waals surface area contributed by atoms with Crippen molar-refractivity contribution in [2.75, 3.05) is 5.32 Å². The monoisotopic (exact) mass is 473 g/mol. The zero-order valence-corrected chi connectivity index (χ0v) is 19.2. The summed E-state index contributed by atoms with van der Waals surface area (Å²) in [6.45, 7) is 3.35. The van der Waals surface area contributed by atoms with Crippen LogP contribution in [0, 0.1) is 5.82 Å². The van der Waals surface area contributed by atoms with E-state index in [1.54, 1.807) is 17.0 Å². The summed E-state index contributed by atoms with van der Waals surface area (Å²) < 4.78 is 44.2. The second kappa shape index (κ2) is 10.0. The van der Waals surface area contributed by atoms with Crippen molar-refractivity contribution in [1.29, 1.82) is 0 Å². The summed E-state index contributed by atoms with van der Waals surface area (Å²) in [4.78, 5) is 0.174. The molecule has 0 radical (unpaired) electrons. The second-order valence-electron chi connectivity index (χ2n) is 8.31. The minimum Gasteiger partial charge on any atom is -0.502 e. The number of ether oxygens (including phenoxy) is 1. The first-order chi connectivity index (χ1) is 15.5. The van der Waals surface area contributed by atoms with E-state index < -0.39 is 12.4 Å². The third kappa shape index (κ3) is 6.32. The lowest BCUT2D eigenvalue weighted by atomic mass is 9.88. The number of nitrogens with one attached hydrogen (secondary N) is 1. The predicted molar refractivity (Wildman–Crippen MR) is 127 cm³/mol. The van der Waals surface area contributed by atoms with E-state index in [2.05, 4.69) is 30.8 Å². The van der Waals surface area contributed by atoms with Gasteiger partial charge in [-0.1, -0.05) is 33.0 Å². The predicted octanol–water partition coefficient (Wildman–Crippen LogP) is 6.34. The Balaban J connectivity index is 1.98. The lowest BCUT2D eigenvalue weighted by Gasteiger charge is -2.18. The number of halogens is 3. The molecule has 0 bridgehead atoms. The summed E-state index contributed by atoms with van der Waals surface area (Å²) in [6.07, 6.45) is 3.56. The van der Waals surface area contributed by atoms with Crippen LogP contribution in [0.5, 0.6) is 5.75 Å². The molecule has 172 valence electrons. The minimum absolute atomic E-state index is 0.0125. The van der Waals surface area contributed by atoms with Gasteiger partial charge in [0.05, 0.1) is 0 Å². The highest BCUT2D eigenvalue weighted by Gasteiger charge is 2.25. The molecule has 0 atom stereocenters. The van der Waals surface area contributed by atoms with Crippen LogP contribution < -0.4 is 14.6 Å². The lowest BCUT2D eigenvalue weighted by Crippen LogP contribution is -2.39. The molecule has 0 fully saturated rings. The first-order valence-electron chi connectivity index (χ1n) is 10.1. The highest BCUT2D eigenvalue weighted by Crippen LogP contribution is 2.23. The summed E-state index contributed by atoms with van der Waals surface area (Å²) in [5, 5.41) is 14.1. The minimum atomic E-state index is -2.92. The third-order valence-electron chi connectivity index (χ3n) is 4.85. The summed E-state index contributed by atoms with van der Waals surface area (Å²) in [7, 11) is 0. The van der Waals surface area contributed by atoms with E-state index in [1.807, 2.05) is 12.1 Å². The van der Waals surface area contributed by atoms with Gasteiger partial charge in [0.2, 0.25) is 0 Å². The Morgan fingerprint density at radius 1 is 0.970 bits per heavy atom. The fourth-order valence-electron chi connectivity index (χ4n) is 3.08. The van der Waals surface area contributed by atoms with Crippen LogP contribution in [0.2, 0.25) is 0 Å². The maximum absolute atomic E-state index is 13.4. The van der Waals surface area contributed by atoms with E-state index in [4.69, 9.17) is 12.2 Å². The van der Waals surface area contributed by atoms with Crippen LogP contribution in [0.15, 0.2) is 73.1 Å². The van der Waals surface area contributed by atoms with Gasteiger partial charge in [-0.05, 0) is 59.5 Å². The van der Waals surface area contributed by atoms with Gasteiger partial charge >= 0.3 is 6.61 Å². The van der Waals surface area contributed by atoms with Gasteiger partial charge in [0.25, 0.3) is 5.70 Å². The molecule has 1 heterocycles. The van der Waals surface area contributed by atoms with E-state index in [0.717, 1.165) is 5.56 Å². The van der Waals surface area contributed by atoms with Gasteiger partial charge in [-0.25, -0.2) is 4.39 Å². The highest BCUT2D eigenvalue weighted by molar-refractivity contribution is 7.81. The van der Waals surface area contributed by atoms with Gasteiger partial charge in [-0.15, -0.1) is 0 Å². The van der Waals surface area contributed by atoms with Crippen molar-refractivity contribution in [1.82, 2.24) is 0 Å². The largest absolute Gasteiger partial charge is 0.502 e. The van der Waals surface area contributed by atoms with E-state index in [-0.39, 0.29) is 27.6 Å². The molecule has 2 N–H and O–H groups in total. The molecule has 0 saturated heterocycles. The summed E-state index contributed by atoms with van der Waals surface area (Å²) in [5.74, 6) is -0.570. The molecule has 0 amide bonds. The maximum Gasteiger partial charge on any atom is 0.387 e. The van der Waals surface area contributed by atoms with Gasteiger partial charge in [0.1, 0.15) is 11.6 Å². The van der Waals surface area contributed by atoms with Crippen molar-refractivity contribution in [2.45, 2.75) is 32.8 Å². The van der Waals surface area contributed by atoms with Crippen LogP contribution in [-0.2, 0) is 5.41 Å². The van der Waals surface area contributed by atoms with Crippen LogP contribution in [0.3, 0.4) is 0 Å². The molecular weight excluding hydrogens is 449 g/mol. The topological polar surface area (TPSA) is 45.4 Å². The molecule has 0 aliphatic heterocycles. The number of hydrogen-bond donors (Lipinski definition) is 2. The molecule has 0 unspecified atom stereocenters. The molecule has 0 saturated carbocycles. The number of hydrogen-bond acceptors (Lipinski definition) is 3. The SMILES string of the molecule is CC(C)(C)c1cc[n+](/C(C(=S)Nc2ccc(OC(F)F)cc2)=C(\O)c2ccc(F)cc2)cc1. The standard InChI is InChI=1S/C25H23F3N2O2S/c1-25(2,3)17-12-14-30(15-13-17)21(22(31)16-4-6-18(26)7-5-16)23(33)29-19-8-10-20(11-9-19)32-24(27)28/h4-15,24H,1-3H3,(H-,29,31,33)/p+1. The van der Waals surface area contributed by atoms with E-state index in [1.165, 1.54) is 48.5 Å². The maximum atomic E-state index is 13.4. The van der Waals surface area contributed by atoms with Crippen molar-refractivity contribution < 1.29 is 27.6 Å². The lowest BCUT2D eigenvalue weighted by molar-refractivity contribution is -0.575. The summed E-state index contributed by atoms with van der Waals surface area (Å²) in [5.41, 5.74) is 2.18. The number of rotatable bonds is 6. The van der Waals surface area contributed by atoms with E-state index in [9.17, 15) is 18.3 Å². The molecule has 0 aliphatic rings. The van der Waals surface area contributed by atoms with Gasteiger partial charge in [-0.3, -0.25) is 0 Å². The number of aliphatic hydroxyl groups excluding tert-OH is 1. The van der Waals surface area contributed by atoms with Crippen LogP contribution in [-0.4, -0.2) is 16.7 Å². The van der Waals surface area contributed by atoms with Crippen molar-refractivity contribution in [3.05, 3.63) is 90.0 Å². The molecule has 2 aromatic carbocycles. The van der Waals surface area contributed by atoms with Gasteiger partial charge in [0.15, 0.2) is 23.1 Å². The average molecular weight is 474 g/mol. The molecule has 3 rings (SSSR count). The molecule has 4 nitrogen and oxygen atoms in total. The zero-order chi connectivity index (χ0) is 24.2. The second-order valence-corrected chi connectivity index (χ2v) is 8.71. The Labute approximate surface area is 196 Å². The smallest absolute Gasteiger partial charge is 0.387 e. The zero-order valence-electron chi connectivity index (χ0n) is 18.4. The Bertz CT molecular complexity index is 1140. The summed E-state index contributed by atoms with van der Waals surface area (Å²) >= 11 is 5.58. The van der Waals surface area contributed by atoms with Crippen LogP contribution in [0.4, 0.5) is 18.9 Å². The van der Waals surface area contributed by atoms with Crippen molar-refractivity contribution in [3.8, 4) is 5.75 Å². The number of benzene rings is 2. The molecule has 0 aliphatic carbocycles. The Morgan fingerprint density at radius 3 is 2.06 bits per heavy atom. The van der Waals surface area contributed by atoms with Crippen LogP contribution >= 0.6 is 12.2 Å². The molecule has 1 aromatic heterocycles. The van der Waals surface area contributed by atoms with Crippen LogP contribution in [0.25, 0.3) is 11.5 Å². The number of nitrogens with zero attached hydrogens (tertiary/aromatic N) is 1. The van der Waals surface area contributed by atoms with E-state index in [0.29, 0.717) is 11.3 Å². The number of alkyl halides is 2. The molecule has 8 heteroatoms. The van der Waals surface area contributed by atoms with Gasteiger partial charge < -0.3 is 15.2 Å². The number of anilines is 1. The van der Waals surface area contributed by atoms with E-state index >= 15 is 0 Å². The first-order valence-corrected chi connectivity index (χ1v) is 10.5. The number of aromatic nitrogens is 1. The summed E-state index contributed by atoms with van der Waals surface area (Å²) in [6, 6.07) is 15.1. The Morgan fingerprint density at radius 2 is 1.55 bits per heavy atom. The molecule has 33 heavy (non-hydrogen) atoms. The Hall–Kier alpha value is -3.39. The van der Waals surface area contributed by atoms with Crippen molar-refractivity contribution in [2.24, 2.45) is 0 Å². The first kappa shape index (κ1) is 24.3. The van der Waals surface area contributed by atoms with Crippen molar-refractivity contribution >= 4 is 34.3 Å². The number of aliphatic hydroxyl groups is 1. The fraction of sp³-hybridized carbons (Fsp3) is 0.200. The van der Waals surface area contributed by atoms with Gasteiger partial charge in [0, 0.05) is 23.4 Å². The van der Waals surface area contributed by atoms with Gasteiger partial charge in [-0.2, -0.15) is 13.3 Å². The van der Waals surface area contributed by atoms with Crippen molar-refractivity contribution in [3.63, 3.8) is 0 Å². The highest BCUT2D eigenvalue weighted by atomic mass is 32.1.